The molecule has 23 heavy (non-hydrogen) atoms. The van der Waals surface area contributed by atoms with E-state index in [9.17, 15) is 4.79 Å². The van der Waals surface area contributed by atoms with Gasteiger partial charge in [-0.3, -0.25) is 0 Å². The Labute approximate surface area is 134 Å². The zero-order valence-electron chi connectivity index (χ0n) is 13.4. The van der Waals surface area contributed by atoms with Crippen LogP contribution in [0.4, 0.5) is 5.82 Å². The second-order valence-corrected chi connectivity index (χ2v) is 5.56. The van der Waals surface area contributed by atoms with E-state index in [2.05, 4.69) is 20.0 Å². The molecule has 1 saturated heterocycles. The summed E-state index contributed by atoms with van der Waals surface area (Å²) in [5, 5.41) is 3.87. The normalized spacial score (nSPS) is 18.0. The minimum Gasteiger partial charge on any atom is -0.462 e. The van der Waals surface area contributed by atoms with Crippen LogP contribution in [0.5, 0.6) is 0 Å². The lowest BCUT2D eigenvalue weighted by Crippen LogP contribution is -2.36. The number of esters is 1. The van der Waals surface area contributed by atoms with Crippen LogP contribution in [0.15, 0.2) is 22.9 Å². The van der Waals surface area contributed by atoms with Crippen LogP contribution < -0.4 is 4.90 Å². The summed E-state index contributed by atoms with van der Waals surface area (Å²) >= 11 is 0. The van der Waals surface area contributed by atoms with E-state index in [1.165, 1.54) is 0 Å². The quantitative estimate of drug-likeness (QED) is 0.801. The average molecular weight is 316 g/mol. The summed E-state index contributed by atoms with van der Waals surface area (Å²) in [5.74, 6) is 1.77. The molecule has 0 saturated carbocycles. The maximum Gasteiger partial charge on any atom is 0.341 e. The van der Waals surface area contributed by atoms with Crippen molar-refractivity contribution in [1.82, 2.24) is 15.1 Å². The molecule has 0 spiro atoms. The monoisotopic (exact) mass is 316 g/mol. The number of anilines is 1. The van der Waals surface area contributed by atoms with Gasteiger partial charge in [-0.05, 0) is 38.8 Å². The largest absolute Gasteiger partial charge is 0.462 e. The van der Waals surface area contributed by atoms with Crippen LogP contribution in [-0.4, -0.2) is 40.8 Å². The maximum absolute atomic E-state index is 12.1. The number of nitrogens with zero attached hydrogens (tertiary/aromatic N) is 4. The van der Waals surface area contributed by atoms with Crippen molar-refractivity contribution in [3.8, 4) is 0 Å². The fourth-order valence-electron chi connectivity index (χ4n) is 2.87. The van der Waals surface area contributed by atoms with Crippen molar-refractivity contribution in [3.63, 3.8) is 0 Å². The molecule has 3 heterocycles. The Morgan fingerprint density at radius 2 is 2.39 bits per heavy atom. The number of piperidine rings is 1. The Bertz CT molecular complexity index is 685. The minimum atomic E-state index is -0.341. The lowest BCUT2D eigenvalue weighted by molar-refractivity contribution is 0.0526. The molecular formula is C16H20N4O3. The van der Waals surface area contributed by atoms with Gasteiger partial charge in [-0.1, -0.05) is 5.16 Å². The Morgan fingerprint density at radius 3 is 3.13 bits per heavy atom. The van der Waals surface area contributed by atoms with E-state index in [4.69, 9.17) is 9.26 Å². The van der Waals surface area contributed by atoms with Gasteiger partial charge in [-0.2, -0.15) is 4.98 Å². The Hall–Kier alpha value is -2.44. The summed E-state index contributed by atoms with van der Waals surface area (Å²) in [5.41, 5.74) is 0.497. The molecule has 0 aliphatic carbocycles. The molecule has 0 aromatic carbocycles. The highest BCUT2D eigenvalue weighted by atomic mass is 16.5. The third-order valence-corrected chi connectivity index (χ3v) is 3.90. The van der Waals surface area contributed by atoms with E-state index in [1.54, 1.807) is 25.3 Å². The summed E-state index contributed by atoms with van der Waals surface area (Å²) < 4.78 is 10.4. The maximum atomic E-state index is 12.1. The predicted molar refractivity (Wildman–Crippen MR) is 83.4 cm³/mol. The second kappa shape index (κ2) is 6.76. The van der Waals surface area contributed by atoms with Crippen molar-refractivity contribution >= 4 is 11.8 Å². The Balaban J connectivity index is 1.83. The van der Waals surface area contributed by atoms with E-state index in [-0.39, 0.29) is 11.9 Å². The molecular weight excluding hydrogens is 296 g/mol. The number of aryl methyl sites for hydroxylation is 1. The van der Waals surface area contributed by atoms with E-state index >= 15 is 0 Å². The molecule has 7 nitrogen and oxygen atoms in total. The first-order valence-electron chi connectivity index (χ1n) is 7.86. The molecule has 0 bridgehead atoms. The van der Waals surface area contributed by atoms with Gasteiger partial charge in [0.1, 0.15) is 11.4 Å². The van der Waals surface area contributed by atoms with E-state index in [1.807, 2.05) is 6.92 Å². The van der Waals surface area contributed by atoms with Crippen LogP contribution in [0.25, 0.3) is 0 Å². The van der Waals surface area contributed by atoms with Crippen LogP contribution >= 0.6 is 0 Å². The van der Waals surface area contributed by atoms with Gasteiger partial charge >= 0.3 is 5.97 Å². The lowest BCUT2D eigenvalue weighted by Gasteiger charge is -2.32. The second-order valence-electron chi connectivity index (χ2n) is 5.56. The van der Waals surface area contributed by atoms with Gasteiger partial charge in [-0.25, -0.2) is 9.78 Å². The number of rotatable bonds is 4. The van der Waals surface area contributed by atoms with Crippen molar-refractivity contribution in [1.29, 1.82) is 0 Å². The fourth-order valence-corrected chi connectivity index (χ4v) is 2.87. The summed E-state index contributed by atoms with van der Waals surface area (Å²) in [6, 6.07) is 3.50. The highest BCUT2D eigenvalue weighted by Gasteiger charge is 2.28. The molecule has 0 unspecified atom stereocenters. The topological polar surface area (TPSA) is 81.4 Å². The Morgan fingerprint density at radius 1 is 1.52 bits per heavy atom. The first-order valence-corrected chi connectivity index (χ1v) is 7.86. The molecule has 0 radical (unpaired) electrons. The molecule has 0 N–H and O–H groups in total. The van der Waals surface area contributed by atoms with Crippen molar-refractivity contribution in [3.05, 3.63) is 35.6 Å². The zero-order valence-corrected chi connectivity index (χ0v) is 13.4. The molecule has 1 atom stereocenters. The third kappa shape index (κ3) is 3.33. The first-order chi connectivity index (χ1) is 11.2. The summed E-state index contributed by atoms with van der Waals surface area (Å²) in [6.45, 7) is 5.49. The van der Waals surface area contributed by atoms with Gasteiger partial charge in [0.05, 0.1) is 12.5 Å². The van der Waals surface area contributed by atoms with Crippen LogP contribution in [-0.2, 0) is 4.74 Å². The SMILES string of the molecule is CCOC(=O)c1cccnc1N1CCC[C@@H](c2nc(C)no2)C1. The van der Waals surface area contributed by atoms with Crippen LogP contribution in [0.1, 0.15) is 47.8 Å². The van der Waals surface area contributed by atoms with Crippen molar-refractivity contribution in [2.24, 2.45) is 0 Å². The summed E-state index contributed by atoms with van der Waals surface area (Å²) in [6.07, 6.45) is 3.66. The van der Waals surface area contributed by atoms with Crippen molar-refractivity contribution < 1.29 is 14.1 Å². The lowest BCUT2D eigenvalue weighted by atomic mass is 9.97. The van der Waals surface area contributed by atoms with Gasteiger partial charge in [0, 0.05) is 19.3 Å². The van der Waals surface area contributed by atoms with Crippen LogP contribution in [0.3, 0.4) is 0 Å². The average Bonchev–Trinajstić information content (AvgIpc) is 3.02. The number of hydrogen-bond donors (Lipinski definition) is 0. The van der Waals surface area contributed by atoms with E-state index in [0.29, 0.717) is 36.2 Å². The Kier molecular flexibility index (Phi) is 4.55. The third-order valence-electron chi connectivity index (χ3n) is 3.90. The molecule has 1 fully saturated rings. The van der Waals surface area contributed by atoms with Crippen LogP contribution in [0, 0.1) is 6.92 Å². The fraction of sp³-hybridized carbons (Fsp3) is 0.500. The summed E-state index contributed by atoms with van der Waals surface area (Å²) in [7, 11) is 0. The number of hydrogen-bond acceptors (Lipinski definition) is 7. The molecule has 1 aliphatic heterocycles. The van der Waals surface area contributed by atoms with Gasteiger partial charge in [0.25, 0.3) is 0 Å². The number of ether oxygens (including phenoxy) is 1. The predicted octanol–water partition coefficient (Wildman–Crippen LogP) is 2.33. The van der Waals surface area contributed by atoms with Gasteiger partial charge in [0.2, 0.25) is 5.89 Å². The highest BCUT2D eigenvalue weighted by molar-refractivity contribution is 5.94. The van der Waals surface area contributed by atoms with Crippen molar-refractivity contribution in [2.75, 3.05) is 24.6 Å². The van der Waals surface area contributed by atoms with Gasteiger partial charge in [0.15, 0.2) is 5.82 Å². The molecule has 7 heteroatoms. The zero-order chi connectivity index (χ0) is 16.2. The number of carbonyl (C=O) groups is 1. The smallest absolute Gasteiger partial charge is 0.341 e. The standard InChI is InChI=1S/C16H20N4O3/c1-3-22-16(21)13-7-4-8-17-14(13)20-9-5-6-12(10-20)15-18-11(2)19-23-15/h4,7-8,12H,3,5-6,9-10H2,1-2H3/t12-/m1/s1. The first kappa shape index (κ1) is 15.5. The van der Waals surface area contributed by atoms with Gasteiger partial charge < -0.3 is 14.2 Å². The highest BCUT2D eigenvalue weighted by Crippen LogP contribution is 2.30. The molecule has 2 aromatic heterocycles. The van der Waals surface area contributed by atoms with E-state index < -0.39 is 0 Å². The minimum absolute atomic E-state index is 0.155. The molecule has 122 valence electrons. The number of carbonyl (C=O) groups excluding carboxylic acids is 1. The molecule has 0 amide bonds. The molecule has 1 aliphatic rings. The van der Waals surface area contributed by atoms with Gasteiger partial charge in [-0.15, -0.1) is 0 Å². The molecule has 3 rings (SSSR count). The van der Waals surface area contributed by atoms with E-state index in [0.717, 1.165) is 19.4 Å². The number of pyridine rings is 1. The number of aromatic nitrogens is 3. The molecule has 2 aromatic rings. The summed E-state index contributed by atoms with van der Waals surface area (Å²) in [4.78, 5) is 23.0. The van der Waals surface area contributed by atoms with Crippen molar-refractivity contribution in [2.45, 2.75) is 32.6 Å². The van der Waals surface area contributed by atoms with Crippen LogP contribution in [0.2, 0.25) is 0 Å².